The van der Waals surface area contributed by atoms with Crippen molar-refractivity contribution in [2.45, 2.75) is 87.6 Å². The zero-order valence-electron chi connectivity index (χ0n) is 39.4. The minimum Gasteiger partial charge on any atom is -0.463 e. The van der Waals surface area contributed by atoms with Gasteiger partial charge in [0.25, 0.3) is 5.92 Å². The van der Waals surface area contributed by atoms with E-state index in [0.717, 1.165) is 13.0 Å². The Labute approximate surface area is 427 Å². The van der Waals surface area contributed by atoms with Crippen LogP contribution in [0.15, 0.2) is 88.6 Å². The van der Waals surface area contributed by atoms with Gasteiger partial charge in [-0.15, -0.1) is 13.2 Å². The van der Waals surface area contributed by atoms with Gasteiger partial charge >= 0.3 is 91.1 Å². The summed E-state index contributed by atoms with van der Waals surface area (Å²) in [5.74, 6) is -17.1. The molecule has 0 N–H and O–H groups in total. The molecular weight excluding hydrogens is 1180 g/mol. The first-order chi connectivity index (χ1) is 35.1. The van der Waals surface area contributed by atoms with Gasteiger partial charge in [0.1, 0.15) is 6.42 Å². The minimum atomic E-state index is -5.71. The van der Waals surface area contributed by atoms with Crippen molar-refractivity contribution in [3.63, 3.8) is 0 Å². The summed E-state index contributed by atoms with van der Waals surface area (Å²) in [5, 5.41) is 0. The second kappa shape index (κ2) is 40.0. The number of hydrogen-bond donors (Lipinski definition) is 0. The Kier molecular flexibility index (Phi) is 43.3. The lowest BCUT2D eigenvalue weighted by Crippen LogP contribution is -2.41. The summed E-state index contributed by atoms with van der Waals surface area (Å²) in [6.07, 6.45) is -34.3. The Morgan fingerprint density at radius 2 is 0.696 bits per heavy atom. The standard InChI is InChI=1S/C7H7F5O2.C7H9F3O2.C6H5F5O2.C6H7F3O2.2C5H5F3O2.C4H3F3O2/c1-2-5(13)14-4-6(8,9)3-7(10,11)12;1-2-6(11)12-5-3-4-7(8,9)10;1-2-4(12)13-3-5(7,8)6(9,10)11;1-3-5(10)11-4(2)6(7,8)9;2*1-2-4(9)10-3-5(6,7)8;1-2-3(8)9-4(5,6)7/h2H,1,3-4H2;2H,1,3-5H2;2H,1,3H2;3-4H,1H2,2H3;2*2H,1,3H2;2H,1H2. The predicted octanol–water partition coefficient (Wildman–Crippen LogP) is 11.7. The van der Waals surface area contributed by atoms with E-state index < -0.39 is 142 Å². The zero-order chi connectivity index (χ0) is 64.7. The summed E-state index contributed by atoms with van der Waals surface area (Å²) >= 11 is 0. The molecule has 0 fully saturated rings. The highest BCUT2D eigenvalue weighted by Gasteiger charge is 2.58. The van der Waals surface area contributed by atoms with Crippen LogP contribution < -0.4 is 0 Å². The highest BCUT2D eigenvalue weighted by Crippen LogP contribution is 2.35. The van der Waals surface area contributed by atoms with Crippen LogP contribution in [0.1, 0.15) is 26.2 Å². The van der Waals surface area contributed by atoms with Gasteiger partial charge < -0.3 is 33.2 Å². The summed E-state index contributed by atoms with van der Waals surface area (Å²) in [6.45, 7) is 14.2. The molecule has 1 atom stereocenters. The van der Waals surface area contributed by atoms with Crippen molar-refractivity contribution in [1.82, 2.24) is 0 Å². The van der Waals surface area contributed by atoms with Crippen molar-refractivity contribution in [2.75, 3.05) is 33.0 Å². The highest BCUT2D eigenvalue weighted by molar-refractivity contribution is 5.83. The SMILES string of the molecule is C=CC(=O)OC(C)C(F)(F)F.C=CC(=O)OC(F)(F)F.C=CC(=O)OCC(F)(F)C(F)(F)F.C=CC(=O)OCC(F)(F)CC(F)(F)F.C=CC(=O)OCC(F)(F)F.C=CC(=O)OCC(F)(F)F.C=CC(=O)OCCCC(F)(F)F. The smallest absolute Gasteiger partial charge is 0.463 e. The Hall–Kier alpha value is -7.28. The van der Waals surface area contributed by atoms with Crippen LogP contribution in [-0.2, 0) is 66.7 Å². The van der Waals surface area contributed by atoms with Crippen LogP contribution in [0, 0.1) is 0 Å². The molecule has 0 aliphatic carbocycles. The van der Waals surface area contributed by atoms with E-state index in [-0.39, 0.29) is 13.0 Å². The first-order valence-corrected chi connectivity index (χ1v) is 18.9. The van der Waals surface area contributed by atoms with Gasteiger partial charge in [-0.25, -0.2) is 42.3 Å². The maximum absolute atomic E-state index is 12.4. The third kappa shape index (κ3) is 70.7. The molecule has 1 unspecified atom stereocenters. The quantitative estimate of drug-likeness (QED) is 0.0415. The summed E-state index contributed by atoms with van der Waals surface area (Å²) in [5.41, 5.74) is 0. The van der Waals surface area contributed by atoms with Crippen molar-refractivity contribution >= 4 is 41.8 Å². The van der Waals surface area contributed by atoms with Gasteiger partial charge in [-0.3, -0.25) is 0 Å². The largest absolute Gasteiger partial charge is 0.575 e. The highest BCUT2D eigenvalue weighted by atomic mass is 19.4. The van der Waals surface area contributed by atoms with Gasteiger partial charge in [-0.05, 0) is 13.3 Å². The van der Waals surface area contributed by atoms with Gasteiger partial charge in [-0.1, -0.05) is 46.1 Å². The van der Waals surface area contributed by atoms with Crippen molar-refractivity contribution in [2.24, 2.45) is 0 Å². The first kappa shape index (κ1) is 85.6. The number of carbonyl (C=O) groups is 7. The van der Waals surface area contributed by atoms with Crippen LogP contribution in [0.25, 0.3) is 0 Å². The van der Waals surface area contributed by atoms with Crippen molar-refractivity contribution in [1.29, 1.82) is 0 Å². The van der Waals surface area contributed by atoms with E-state index in [9.17, 15) is 143 Å². The van der Waals surface area contributed by atoms with Crippen molar-refractivity contribution < 1.29 is 176 Å². The molecule has 0 aliphatic heterocycles. The second-order valence-corrected chi connectivity index (χ2v) is 12.3. The van der Waals surface area contributed by atoms with Gasteiger partial charge in [0.15, 0.2) is 32.5 Å². The molecule has 14 nitrogen and oxygen atoms in total. The summed E-state index contributed by atoms with van der Waals surface area (Å²) in [7, 11) is 0. The molecular formula is C40H41F25O14. The molecule has 0 bridgehead atoms. The fourth-order valence-corrected chi connectivity index (χ4v) is 2.26. The molecule has 460 valence electrons. The molecule has 0 aromatic rings. The monoisotopic (exact) mass is 1220 g/mol. The summed E-state index contributed by atoms with van der Waals surface area (Å²) < 4.78 is 313. The average Bonchev–Trinajstić information content (AvgIpc) is 3.28. The third-order valence-electron chi connectivity index (χ3n) is 5.44. The molecule has 0 heterocycles. The van der Waals surface area contributed by atoms with Crippen LogP contribution in [-0.4, -0.2) is 136 Å². The predicted molar refractivity (Wildman–Crippen MR) is 214 cm³/mol. The molecule has 0 spiro atoms. The van der Waals surface area contributed by atoms with E-state index in [1.54, 1.807) is 0 Å². The van der Waals surface area contributed by atoms with E-state index in [0.29, 0.717) is 36.5 Å². The lowest BCUT2D eigenvalue weighted by atomic mass is 10.2. The Morgan fingerprint density at radius 1 is 0.392 bits per heavy atom. The summed E-state index contributed by atoms with van der Waals surface area (Å²) in [6, 6.07) is 0. The Balaban J connectivity index is -0.000000154. The van der Waals surface area contributed by atoms with E-state index in [1.165, 1.54) is 0 Å². The van der Waals surface area contributed by atoms with Crippen LogP contribution in [0.3, 0.4) is 0 Å². The molecule has 79 heavy (non-hydrogen) atoms. The molecule has 0 amide bonds. The normalized spacial score (nSPS) is 11.7. The number of halogens is 25. The summed E-state index contributed by atoms with van der Waals surface area (Å²) in [4.78, 5) is 70.8. The van der Waals surface area contributed by atoms with Gasteiger partial charge in [0.2, 0.25) is 0 Å². The lowest BCUT2D eigenvalue weighted by Gasteiger charge is -2.18. The molecule has 39 heteroatoms. The molecule has 0 aliphatic rings. The average molecular weight is 1220 g/mol. The van der Waals surface area contributed by atoms with Gasteiger partial charge in [0.05, 0.1) is 6.61 Å². The second-order valence-electron chi connectivity index (χ2n) is 12.3. The molecule has 0 saturated carbocycles. The third-order valence-corrected chi connectivity index (χ3v) is 5.44. The number of esters is 7. The molecule has 0 aromatic carbocycles. The zero-order valence-corrected chi connectivity index (χ0v) is 39.4. The number of ether oxygens (including phenoxy) is 7. The number of carbonyl (C=O) groups excluding carboxylic acids is 7. The van der Waals surface area contributed by atoms with E-state index in [2.05, 4.69) is 79.2 Å². The minimum absolute atomic E-state index is 0.205. The van der Waals surface area contributed by atoms with Crippen molar-refractivity contribution in [3.8, 4) is 0 Å². The van der Waals surface area contributed by atoms with E-state index in [4.69, 9.17) is 0 Å². The van der Waals surface area contributed by atoms with E-state index in [1.807, 2.05) is 0 Å². The maximum atomic E-state index is 12.4. The number of rotatable bonds is 18. The fourth-order valence-electron chi connectivity index (χ4n) is 2.26. The van der Waals surface area contributed by atoms with E-state index >= 15 is 0 Å². The molecule has 0 radical (unpaired) electrons. The van der Waals surface area contributed by atoms with Crippen LogP contribution in [0.4, 0.5) is 110 Å². The van der Waals surface area contributed by atoms with Gasteiger partial charge in [-0.2, -0.15) is 87.8 Å². The topological polar surface area (TPSA) is 184 Å². The maximum Gasteiger partial charge on any atom is 0.575 e. The Morgan fingerprint density at radius 3 is 0.937 bits per heavy atom. The van der Waals surface area contributed by atoms with Crippen LogP contribution in [0.2, 0.25) is 0 Å². The molecule has 0 rings (SSSR count). The fraction of sp³-hybridized carbons (Fsp3) is 0.475. The van der Waals surface area contributed by atoms with Crippen LogP contribution >= 0.6 is 0 Å². The number of alkyl halides is 25. The first-order valence-electron chi connectivity index (χ1n) is 18.9. The Bertz CT molecular complexity index is 1880. The lowest BCUT2D eigenvalue weighted by molar-refractivity contribution is -0.303. The molecule has 0 saturated heterocycles. The van der Waals surface area contributed by atoms with Gasteiger partial charge in [0, 0.05) is 49.0 Å². The van der Waals surface area contributed by atoms with Crippen molar-refractivity contribution in [3.05, 3.63) is 88.6 Å². The molecule has 0 aromatic heterocycles. The number of hydrogen-bond acceptors (Lipinski definition) is 14. The van der Waals surface area contributed by atoms with Crippen LogP contribution in [0.5, 0.6) is 0 Å².